The summed E-state index contributed by atoms with van der Waals surface area (Å²) in [6, 6.07) is 31.4. The number of hydrogen-bond acceptors (Lipinski definition) is 9. The van der Waals surface area contributed by atoms with Gasteiger partial charge in [-0.3, -0.25) is 0 Å². The van der Waals surface area contributed by atoms with Crippen LogP contribution < -0.4 is 21.4 Å². The molecule has 7 aromatic rings. The lowest BCUT2D eigenvalue weighted by atomic mass is 10.1. The molecular weight excluding hydrogens is 701 g/mol. The number of nitrogens with one attached hydrogen (secondary N) is 4. The van der Waals surface area contributed by atoms with E-state index in [9.17, 15) is 9.59 Å². The molecule has 6 heterocycles. The number of primary amides is 2. The fourth-order valence-corrected chi connectivity index (χ4v) is 9.65. The van der Waals surface area contributed by atoms with Crippen molar-refractivity contribution in [3.05, 3.63) is 97.1 Å². The van der Waals surface area contributed by atoms with Gasteiger partial charge in [-0.25, -0.2) is 39.5 Å². The number of aromatic amines is 2. The van der Waals surface area contributed by atoms with Gasteiger partial charge in [0.1, 0.15) is 22.6 Å². The Labute approximate surface area is 307 Å². The number of nitrogens with zero attached hydrogens (tertiary/aromatic N) is 6. The first kappa shape index (κ1) is 32.8. The quantitative estimate of drug-likeness (QED) is 0.115. The van der Waals surface area contributed by atoms with Crippen LogP contribution in [0, 0.1) is 0 Å². The van der Waals surface area contributed by atoms with Gasteiger partial charge in [-0.1, -0.05) is 97.1 Å². The van der Waals surface area contributed by atoms with Crippen LogP contribution in [0.1, 0.15) is 12.8 Å². The highest BCUT2D eigenvalue weighted by Crippen LogP contribution is 2.36. The summed E-state index contributed by atoms with van der Waals surface area (Å²) in [5, 5.41) is 3.82. The van der Waals surface area contributed by atoms with Crippen molar-refractivity contribution in [3.8, 4) is 45.6 Å². The molecule has 10 rings (SSSR count). The van der Waals surface area contributed by atoms with E-state index in [4.69, 9.17) is 45.8 Å². The third-order valence-corrected chi connectivity index (χ3v) is 12.4. The minimum atomic E-state index is -2.76. The summed E-state index contributed by atoms with van der Waals surface area (Å²) >= 11 is 0. The number of aromatic nitrogens is 8. The molecular formula is C38H32N12O3Si. The van der Waals surface area contributed by atoms with Gasteiger partial charge in [0.05, 0.1) is 0 Å². The van der Waals surface area contributed by atoms with Gasteiger partial charge in [-0.05, 0) is 12.8 Å². The maximum atomic E-state index is 10.7. The van der Waals surface area contributed by atoms with Gasteiger partial charge < -0.3 is 35.8 Å². The number of urea groups is 2. The van der Waals surface area contributed by atoms with Gasteiger partial charge in [-0.15, -0.1) is 0 Å². The van der Waals surface area contributed by atoms with Crippen LogP contribution in [-0.4, -0.2) is 67.2 Å². The van der Waals surface area contributed by atoms with Crippen molar-refractivity contribution in [2.45, 2.75) is 18.9 Å². The van der Waals surface area contributed by atoms with E-state index in [1.165, 1.54) is 0 Å². The van der Waals surface area contributed by atoms with Crippen LogP contribution in [0.3, 0.4) is 0 Å². The third kappa shape index (κ3) is 5.94. The van der Waals surface area contributed by atoms with Gasteiger partial charge in [0.15, 0.2) is 23.3 Å². The molecule has 4 aromatic carbocycles. The van der Waals surface area contributed by atoms with Crippen molar-refractivity contribution in [3.63, 3.8) is 0 Å². The number of carbonyl (C=O) groups is 2. The minimum absolute atomic E-state index is 0.507. The van der Waals surface area contributed by atoms with Crippen LogP contribution in [0.4, 0.5) is 9.59 Å². The second kappa shape index (κ2) is 13.2. The van der Waals surface area contributed by atoms with E-state index in [2.05, 4.69) is 19.9 Å². The van der Waals surface area contributed by atoms with Crippen molar-refractivity contribution in [2.75, 3.05) is 6.61 Å². The van der Waals surface area contributed by atoms with E-state index >= 15 is 0 Å². The number of H-pyrrole nitrogens is 2. The number of fused-ring (bicyclic) bond motifs is 20. The third-order valence-electron chi connectivity index (χ3n) is 9.38. The van der Waals surface area contributed by atoms with Crippen LogP contribution in [0.5, 0.6) is 0 Å². The maximum absolute atomic E-state index is 10.7. The highest BCUT2D eigenvalue weighted by molar-refractivity contribution is 6.73. The molecule has 15 nitrogen and oxygen atoms in total. The maximum Gasteiger partial charge on any atom is 0.421 e. The highest BCUT2D eigenvalue weighted by Gasteiger charge is 2.41. The lowest BCUT2D eigenvalue weighted by Gasteiger charge is -2.33. The first-order chi connectivity index (χ1) is 26.3. The molecule has 0 aliphatic carbocycles. The van der Waals surface area contributed by atoms with Gasteiger partial charge in [-0.2, -0.15) is 0 Å². The molecule has 0 unspecified atom stereocenters. The number of hydrogen-bond donors (Lipinski definition) is 6. The summed E-state index contributed by atoms with van der Waals surface area (Å²) in [5.74, 6) is 2.39. The molecule has 3 aromatic heterocycles. The standard InChI is InChI=1S/C32H18N8.C6H14N4O3Si/c1-2-10-18-17(9-1)25-33-26(18)38-28-21-13-5-6-14-22(21)30(35-28)40-32-24-16-8-7-15-23(24)31(36-32)39-29-20-12-4-3-11-19(20)27(34-29)37-25;7-5(11)9-14(10-6(8)12)4-2-1-3-13-14/h1-16H,(H2,33,34,35,36,37,38,39,40);1-4H2,(H3,7,9,11)(H3,8,10,12). The molecule has 266 valence electrons. The molecule has 16 heteroatoms. The molecule has 54 heavy (non-hydrogen) atoms. The van der Waals surface area contributed by atoms with Crippen LogP contribution in [0.25, 0.3) is 89.7 Å². The first-order valence-corrected chi connectivity index (χ1v) is 19.4. The topological polar surface area (TPSA) is 228 Å². The molecule has 8 N–H and O–H groups in total. The van der Waals surface area contributed by atoms with Crippen molar-refractivity contribution in [2.24, 2.45) is 11.5 Å². The van der Waals surface area contributed by atoms with Crippen LogP contribution in [0.2, 0.25) is 6.04 Å². The van der Waals surface area contributed by atoms with Gasteiger partial charge in [0.25, 0.3) is 0 Å². The summed E-state index contributed by atoms with van der Waals surface area (Å²) in [6.45, 7) is 0.507. The Hall–Kier alpha value is -7.04. The van der Waals surface area contributed by atoms with E-state index in [1.54, 1.807) is 0 Å². The summed E-state index contributed by atoms with van der Waals surface area (Å²) in [7, 11) is -2.76. The molecule has 4 amide bonds. The summed E-state index contributed by atoms with van der Waals surface area (Å²) in [6.07, 6.45) is 1.79. The first-order valence-electron chi connectivity index (χ1n) is 17.3. The lowest BCUT2D eigenvalue weighted by Crippen LogP contribution is -2.70. The van der Waals surface area contributed by atoms with Gasteiger partial charge in [0.2, 0.25) is 0 Å². The van der Waals surface area contributed by atoms with E-state index in [1.807, 2.05) is 97.1 Å². The summed E-state index contributed by atoms with van der Waals surface area (Å²) in [5.41, 5.74) is 16.4. The fraction of sp³-hybridized carbons (Fsp3) is 0.105. The zero-order valence-electron chi connectivity index (χ0n) is 28.6. The van der Waals surface area contributed by atoms with Crippen molar-refractivity contribution in [1.82, 2.24) is 49.8 Å². The van der Waals surface area contributed by atoms with E-state index < -0.39 is 20.7 Å². The monoisotopic (exact) mass is 732 g/mol. The number of nitrogens with two attached hydrogens (primary N) is 2. The predicted octanol–water partition coefficient (Wildman–Crippen LogP) is 5.94. The SMILES string of the molecule is NC(=O)N[Si]1(NC(N)=O)CCCCO1.c1ccc2c(c1)-c1nc-2nc2[nH]c(nc3nc(nc4[nH]c(n1)c1ccccc41)-c1ccccc1-3)c1ccccc21. The molecule has 0 saturated carbocycles. The summed E-state index contributed by atoms with van der Waals surface area (Å²) < 4.78 is 5.40. The van der Waals surface area contributed by atoms with E-state index in [0.717, 1.165) is 56.6 Å². The molecule has 1 saturated heterocycles. The van der Waals surface area contributed by atoms with Crippen molar-refractivity contribution >= 4 is 64.8 Å². The Morgan fingerprint density at radius 2 is 0.852 bits per heavy atom. The van der Waals surface area contributed by atoms with Crippen LogP contribution in [-0.2, 0) is 4.43 Å². The zero-order chi connectivity index (χ0) is 36.8. The predicted molar refractivity (Wildman–Crippen MR) is 207 cm³/mol. The van der Waals surface area contributed by atoms with Crippen molar-refractivity contribution < 1.29 is 14.0 Å². The average Bonchev–Trinajstić information content (AvgIpc) is 3.91. The highest BCUT2D eigenvalue weighted by atomic mass is 28.4. The number of rotatable bonds is 2. The lowest BCUT2D eigenvalue weighted by molar-refractivity contribution is 0.227. The summed E-state index contributed by atoms with van der Waals surface area (Å²) in [4.78, 5) is 63.2. The Kier molecular flexibility index (Phi) is 8.01. The molecule has 1 fully saturated rings. The number of benzene rings is 4. The molecule has 0 spiro atoms. The fourth-order valence-electron chi connectivity index (χ4n) is 7.01. The zero-order valence-corrected chi connectivity index (χ0v) is 29.6. The molecule has 0 atom stereocenters. The Morgan fingerprint density at radius 3 is 1.15 bits per heavy atom. The molecule has 8 bridgehead atoms. The Morgan fingerprint density at radius 1 is 0.519 bits per heavy atom. The number of carbonyl (C=O) groups excluding carboxylic acids is 2. The Bertz CT molecular complexity index is 2470. The Balaban J connectivity index is 0.000000234. The van der Waals surface area contributed by atoms with E-state index in [-0.39, 0.29) is 0 Å². The van der Waals surface area contributed by atoms with Crippen molar-refractivity contribution in [1.29, 1.82) is 0 Å². The molecule has 0 radical (unpaired) electrons. The van der Waals surface area contributed by atoms with Gasteiger partial charge >= 0.3 is 20.7 Å². The van der Waals surface area contributed by atoms with E-state index in [0.29, 0.717) is 58.5 Å². The minimum Gasteiger partial charge on any atom is -0.383 e. The van der Waals surface area contributed by atoms with Crippen LogP contribution >= 0.6 is 0 Å². The molecule has 3 aliphatic heterocycles. The second-order valence-electron chi connectivity index (χ2n) is 12.9. The normalized spacial score (nSPS) is 14.0. The number of amides is 4. The average molecular weight is 733 g/mol. The largest absolute Gasteiger partial charge is 0.421 e. The smallest absolute Gasteiger partial charge is 0.383 e. The van der Waals surface area contributed by atoms with Gasteiger partial charge in [0, 0.05) is 56.4 Å². The second-order valence-corrected chi connectivity index (χ2v) is 15.8. The molecule has 3 aliphatic rings. The van der Waals surface area contributed by atoms with Crippen LogP contribution in [0.15, 0.2) is 97.1 Å².